The molecule has 35 heavy (non-hydrogen) atoms. The molecule has 1 aliphatic carbocycles. The lowest BCUT2D eigenvalue weighted by Crippen LogP contribution is -2.52. The molecule has 1 unspecified atom stereocenters. The van der Waals surface area contributed by atoms with Crippen LogP contribution in [0.2, 0.25) is 5.02 Å². The Labute approximate surface area is 212 Å². The van der Waals surface area contributed by atoms with Crippen LogP contribution in [0.5, 0.6) is 5.75 Å². The third kappa shape index (κ3) is 7.11. The number of rotatable bonds is 10. The molecular weight excluding hydrogens is 490 g/mol. The Kier molecular flexibility index (Phi) is 9.02. The lowest BCUT2D eigenvalue weighted by atomic mass is 10.1. The first-order valence-electron chi connectivity index (χ1n) is 11.5. The summed E-state index contributed by atoms with van der Waals surface area (Å²) in [6.45, 7) is 1.26. The molecule has 2 aromatic rings. The molecule has 0 aliphatic heterocycles. The smallest absolute Gasteiger partial charge is 0.244 e. The van der Waals surface area contributed by atoms with Gasteiger partial charge in [-0.15, -0.1) is 0 Å². The van der Waals surface area contributed by atoms with E-state index in [1.54, 1.807) is 55.5 Å². The molecule has 8 nitrogen and oxygen atoms in total. The van der Waals surface area contributed by atoms with Crippen LogP contribution in [0.25, 0.3) is 0 Å². The molecule has 0 spiro atoms. The number of anilines is 1. The van der Waals surface area contributed by atoms with Crippen molar-refractivity contribution >= 4 is 39.1 Å². The van der Waals surface area contributed by atoms with E-state index in [9.17, 15) is 18.0 Å². The topological polar surface area (TPSA) is 96.0 Å². The summed E-state index contributed by atoms with van der Waals surface area (Å²) in [6, 6.07) is 12.7. The van der Waals surface area contributed by atoms with Gasteiger partial charge in [0.2, 0.25) is 21.8 Å². The number of amides is 2. The summed E-state index contributed by atoms with van der Waals surface area (Å²) in [5.74, 6) is -0.223. The van der Waals surface area contributed by atoms with Crippen LogP contribution in [0.4, 0.5) is 5.69 Å². The minimum Gasteiger partial charge on any atom is -0.497 e. The van der Waals surface area contributed by atoms with Gasteiger partial charge in [-0.1, -0.05) is 42.6 Å². The number of methoxy groups -OCH3 is 1. The maximum Gasteiger partial charge on any atom is 0.244 e. The zero-order valence-electron chi connectivity index (χ0n) is 20.2. The predicted octanol–water partition coefficient (Wildman–Crippen LogP) is 3.59. The van der Waals surface area contributed by atoms with Crippen LogP contribution in [-0.2, 0) is 26.2 Å². The van der Waals surface area contributed by atoms with Gasteiger partial charge in [0.1, 0.15) is 18.3 Å². The fraction of sp³-hybridized carbons (Fsp3) is 0.440. The fourth-order valence-corrected chi connectivity index (χ4v) is 5.19. The summed E-state index contributed by atoms with van der Waals surface area (Å²) < 4.78 is 31.4. The van der Waals surface area contributed by atoms with E-state index in [2.05, 4.69) is 5.32 Å². The van der Waals surface area contributed by atoms with Gasteiger partial charge >= 0.3 is 0 Å². The van der Waals surface area contributed by atoms with Gasteiger partial charge in [-0.05, 0) is 55.7 Å². The van der Waals surface area contributed by atoms with E-state index in [4.69, 9.17) is 16.3 Å². The summed E-state index contributed by atoms with van der Waals surface area (Å²) in [5.41, 5.74) is 0.987. The van der Waals surface area contributed by atoms with Gasteiger partial charge in [0.15, 0.2) is 0 Å². The number of nitrogens with zero attached hydrogens (tertiary/aromatic N) is 2. The molecule has 0 radical (unpaired) electrons. The monoisotopic (exact) mass is 521 g/mol. The number of benzene rings is 2. The first kappa shape index (κ1) is 26.8. The van der Waals surface area contributed by atoms with Crippen molar-refractivity contribution in [3.63, 3.8) is 0 Å². The lowest BCUT2D eigenvalue weighted by molar-refractivity contribution is -0.139. The van der Waals surface area contributed by atoms with E-state index in [0.717, 1.165) is 36.2 Å². The Bertz CT molecular complexity index is 1130. The van der Waals surface area contributed by atoms with Crippen LogP contribution in [0.1, 0.15) is 38.2 Å². The maximum absolute atomic E-state index is 13.6. The molecule has 1 N–H and O–H groups in total. The second-order valence-corrected chi connectivity index (χ2v) is 11.1. The fourth-order valence-electron chi connectivity index (χ4n) is 4.15. The molecule has 0 heterocycles. The summed E-state index contributed by atoms with van der Waals surface area (Å²) in [5, 5.41) is 3.49. The third-order valence-electron chi connectivity index (χ3n) is 6.21. The van der Waals surface area contributed by atoms with Gasteiger partial charge in [0.25, 0.3) is 0 Å². The number of nitrogens with one attached hydrogen (secondary N) is 1. The molecule has 1 saturated carbocycles. The van der Waals surface area contributed by atoms with Crippen LogP contribution in [0, 0.1) is 0 Å². The molecule has 1 aliphatic rings. The average Bonchev–Trinajstić information content (AvgIpc) is 3.34. The van der Waals surface area contributed by atoms with Crippen molar-refractivity contribution in [1.82, 2.24) is 10.2 Å². The second kappa shape index (κ2) is 11.8. The van der Waals surface area contributed by atoms with Crippen molar-refractivity contribution in [1.29, 1.82) is 0 Å². The van der Waals surface area contributed by atoms with Crippen LogP contribution in [0.15, 0.2) is 48.5 Å². The highest BCUT2D eigenvalue weighted by Gasteiger charge is 2.31. The van der Waals surface area contributed by atoms with E-state index >= 15 is 0 Å². The average molecular weight is 522 g/mol. The van der Waals surface area contributed by atoms with E-state index in [-0.39, 0.29) is 18.5 Å². The van der Waals surface area contributed by atoms with Gasteiger partial charge in [-0.3, -0.25) is 13.9 Å². The number of carbonyl (C=O) groups excluding carboxylic acids is 2. The summed E-state index contributed by atoms with van der Waals surface area (Å²) >= 11 is 6.34. The number of sulfonamides is 1. The molecule has 0 aromatic heterocycles. The molecular formula is C25H32ClN3O5S. The number of halogens is 1. The molecule has 1 fully saturated rings. The maximum atomic E-state index is 13.6. The second-order valence-electron chi connectivity index (χ2n) is 8.75. The normalized spacial score (nSPS) is 14.9. The highest BCUT2D eigenvalue weighted by molar-refractivity contribution is 7.92. The first-order valence-corrected chi connectivity index (χ1v) is 13.8. The van der Waals surface area contributed by atoms with Crippen molar-refractivity contribution in [2.24, 2.45) is 0 Å². The summed E-state index contributed by atoms with van der Waals surface area (Å²) in [6.07, 6.45) is 4.99. The van der Waals surface area contributed by atoms with Crippen LogP contribution < -0.4 is 14.4 Å². The quantitative estimate of drug-likeness (QED) is 0.515. The van der Waals surface area contributed by atoms with E-state index in [1.165, 1.54) is 12.0 Å². The molecule has 190 valence electrons. The lowest BCUT2D eigenvalue weighted by Gasteiger charge is -2.32. The van der Waals surface area contributed by atoms with Crippen LogP contribution in [0.3, 0.4) is 0 Å². The van der Waals surface area contributed by atoms with E-state index in [1.807, 2.05) is 0 Å². The van der Waals surface area contributed by atoms with Crippen molar-refractivity contribution in [2.75, 3.05) is 24.2 Å². The van der Waals surface area contributed by atoms with E-state index < -0.39 is 28.5 Å². The molecule has 0 bridgehead atoms. The number of hydrogen-bond donors (Lipinski definition) is 1. The number of carbonyl (C=O) groups is 2. The van der Waals surface area contributed by atoms with Crippen molar-refractivity contribution < 1.29 is 22.7 Å². The van der Waals surface area contributed by atoms with Gasteiger partial charge < -0.3 is 15.0 Å². The molecule has 2 amide bonds. The Hall–Kier alpha value is -2.78. The minimum absolute atomic E-state index is 0.0674. The van der Waals surface area contributed by atoms with E-state index in [0.29, 0.717) is 22.0 Å². The van der Waals surface area contributed by atoms with Crippen molar-refractivity contribution in [2.45, 2.75) is 51.2 Å². The van der Waals surface area contributed by atoms with Gasteiger partial charge in [0, 0.05) is 17.6 Å². The zero-order chi connectivity index (χ0) is 25.6. The molecule has 1 atom stereocenters. The Morgan fingerprint density at radius 2 is 1.74 bits per heavy atom. The van der Waals surface area contributed by atoms with Crippen molar-refractivity contribution in [3.05, 3.63) is 59.1 Å². The van der Waals surface area contributed by atoms with Crippen LogP contribution >= 0.6 is 11.6 Å². The Balaban J connectivity index is 1.88. The van der Waals surface area contributed by atoms with Gasteiger partial charge in [0.05, 0.1) is 19.1 Å². The SMILES string of the molecule is COc1ccc(N(CC(=O)N(Cc2ccccc2Cl)C(C)C(=O)NC2CCCC2)S(C)(=O)=O)cc1. The number of hydrogen-bond acceptors (Lipinski definition) is 5. The minimum atomic E-state index is -3.79. The van der Waals surface area contributed by atoms with Gasteiger partial charge in [-0.2, -0.15) is 0 Å². The molecule has 10 heteroatoms. The van der Waals surface area contributed by atoms with Crippen LogP contribution in [-0.4, -0.2) is 57.1 Å². The third-order valence-corrected chi connectivity index (χ3v) is 7.72. The summed E-state index contributed by atoms with van der Waals surface area (Å²) in [7, 11) is -2.28. The molecule has 3 rings (SSSR count). The predicted molar refractivity (Wildman–Crippen MR) is 137 cm³/mol. The zero-order valence-corrected chi connectivity index (χ0v) is 21.8. The van der Waals surface area contributed by atoms with Crippen molar-refractivity contribution in [3.8, 4) is 5.75 Å². The largest absolute Gasteiger partial charge is 0.497 e. The Morgan fingerprint density at radius 3 is 2.31 bits per heavy atom. The Morgan fingerprint density at radius 1 is 1.11 bits per heavy atom. The highest BCUT2D eigenvalue weighted by Crippen LogP contribution is 2.24. The first-order chi connectivity index (χ1) is 16.6. The standard InChI is InChI=1S/C25H32ClN3O5S/c1-18(25(31)27-20-9-5-6-10-20)28(16-19-8-4-7-11-23(19)26)24(30)17-29(35(3,32)33)21-12-14-22(34-2)15-13-21/h4,7-8,11-15,18,20H,5-6,9-10,16-17H2,1-3H3,(H,27,31). The summed E-state index contributed by atoms with van der Waals surface area (Å²) in [4.78, 5) is 28.0. The number of ether oxygens (including phenoxy) is 1. The molecule has 0 saturated heterocycles. The molecule has 2 aromatic carbocycles. The highest BCUT2D eigenvalue weighted by atomic mass is 35.5. The van der Waals surface area contributed by atoms with Gasteiger partial charge in [-0.25, -0.2) is 8.42 Å².